The molecule has 34 heavy (non-hydrogen) atoms. The second-order valence-electron chi connectivity index (χ2n) is 7.27. The van der Waals surface area contributed by atoms with Crippen molar-refractivity contribution in [2.24, 2.45) is 0 Å². The first-order chi connectivity index (χ1) is 16.4. The molecule has 0 radical (unpaired) electrons. The molecule has 0 aliphatic carbocycles. The molecule has 10 nitrogen and oxygen atoms in total. The number of pyridine rings is 2. The fourth-order valence-electron chi connectivity index (χ4n) is 3.10. The molecule has 0 bridgehead atoms. The Bertz CT molecular complexity index is 1190. The second kappa shape index (κ2) is 12.0. The van der Waals surface area contributed by atoms with E-state index in [1.807, 2.05) is 0 Å². The highest BCUT2D eigenvalue weighted by Crippen LogP contribution is 2.23. The van der Waals surface area contributed by atoms with Crippen molar-refractivity contribution in [3.63, 3.8) is 0 Å². The van der Waals surface area contributed by atoms with E-state index in [9.17, 15) is 18.4 Å². The highest BCUT2D eigenvalue weighted by Gasteiger charge is 2.24. The van der Waals surface area contributed by atoms with Gasteiger partial charge < -0.3 is 14.7 Å². The van der Waals surface area contributed by atoms with Gasteiger partial charge in [0.2, 0.25) is 10.0 Å². The van der Waals surface area contributed by atoms with Gasteiger partial charge in [-0.3, -0.25) is 15.1 Å². The third-order valence-corrected chi connectivity index (χ3v) is 6.30. The van der Waals surface area contributed by atoms with Gasteiger partial charge in [-0.2, -0.15) is 0 Å². The van der Waals surface area contributed by atoms with Gasteiger partial charge >= 0.3 is 11.8 Å². The Morgan fingerprint density at radius 3 is 2.76 bits per heavy atom. The number of aromatic nitrogens is 2. The van der Waals surface area contributed by atoms with Crippen LogP contribution in [-0.4, -0.2) is 44.8 Å². The predicted octanol–water partition coefficient (Wildman–Crippen LogP) is 2.07. The smallest absolute Gasteiger partial charge is 0.313 e. The molecular formula is C23H27N4O6S+. The van der Waals surface area contributed by atoms with Crippen molar-refractivity contribution in [2.75, 3.05) is 25.6 Å². The van der Waals surface area contributed by atoms with E-state index in [1.54, 1.807) is 48.7 Å². The van der Waals surface area contributed by atoms with Crippen LogP contribution in [0, 0.1) is 0 Å². The van der Waals surface area contributed by atoms with Gasteiger partial charge in [0, 0.05) is 30.9 Å². The number of nitrogens with zero attached hydrogens (tertiary/aromatic N) is 2. The molecular weight excluding hydrogens is 460 g/mol. The predicted molar refractivity (Wildman–Crippen MR) is 123 cm³/mol. The van der Waals surface area contributed by atoms with E-state index in [1.165, 1.54) is 31.6 Å². The lowest BCUT2D eigenvalue weighted by atomic mass is 10.1. The summed E-state index contributed by atoms with van der Waals surface area (Å²) in [5.41, 5.74) is 0.541. The maximum Gasteiger partial charge on any atom is 0.313 e. The number of benzene rings is 1. The van der Waals surface area contributed by atoms with E-state index in [4.69, 9.17) is 9.47 Å². The van der Waals surface area contributed by atoms with Crippen LogP contribution in [0.25, 0.3) is 0 Å². The van der Waals surface area contributed by atoms with Gasteiger partial charge in [0.15, 0.2) is 0 Å². The first kappa shape index (κ1) is 24.9. The maximum absolute atomic E-state index is 13.0. The largest absolute Gasteiger partial charge is 0.493 e. The third kappa shape index (κ3) is 7.15. The van der Waals surface area contributed by atoms with Crippen LogP contribution in [0.3, 0.4) is 0 Å². The summed E-state index contributed by atoms with van der Waals surface area (Å²) < 4.78 is 40.0. The molecule has 1 atom stereocenters. The van der Waals surface area contributed by atoms with Crippen molar-refractivity contribution < 1.29 is 32.6 Å². The quantitative estimate of drug-likeness (QED) is 0.153. The molecule has 0 aliphatic heterocycles. The maximum atomic E-state index is 13.0. The summed E-state index contributed by atoms with van der Waals surface area (Å²) in [6, 6.07) is 13.9. The SMILES string of the molecule is COC(=O)CC(NS(=O)(=O)c1cccc(OCCCNc2cccc[n+]2O)c1)c1cccnc1. The Kier molecular flexibility index (Phi) is 8.77. The molecule has 0 amide bonds. The summed E-state index contributed by atoms with van der Waals surface area (Å²) in [5.74, 6) is 0.395. The van der Waals surface area contributed by atoms with E-state index in [0.717, 1.165) is 4.73 Å². The number of hydrogen-bond acceptors (Lipinski definition) is 8. The molecule has 0 saturated heterocycles. The summed E-state index contributed by atoms with van der Waals surface area (Å²) in [6.07, 6.45) is 5.01. The van der Waals surface area contributed by atoms with Gasteiger partial charge in [0.25, 0.3) is 0 Å². The molecule has 3 rings (SSSR count). The molecule has 0 fully saturated rings. The van der Waals surface area contributed by atoms with Gasteiger partial charge in [-0.15, -0.1) is 0 Å². The fourth-order valence-corrected chi connectivity index (χ4v) is 4.36. The van der Waals surface area contributed by atoms with Gasteiger partial charge in [-0.05, 0) is 29.8 Å². The zero-order valence-electron chi connectivity index (χ0n) is 18.6. The van der Waals surface area contributed by atoms with E-state index < -0.39 is 22.0 Å². The van der Waals surface area contributed by atoms with Crippen molar-refractivity contribution in [1.82, 2.24) is 9.71 Å². The van der Waals surface area contributed by atoms with Crippen LogP contribution in [0.1, 0.15) is 24.4 Å². The van der Waals surface area contributed by atoms with E-state index in [0.29, 0.717) is 36.7 Å². The zero-order valence-corrected chi connectivity index (χ0v) is 19.4. The number of anilines is 1. The number of ether oxygens (including phenoxy) is 2. The highest BCUT2D eigenvalue weighted by atomic mass is 32.2. The average molecular weight is 488 g/mol. The third-order valence-electron chi connectivity index (χ3n) is 4.83. The lowest BCUT2D eigenvalue weighted by molar-refractivity contribution is -0.893. The lowest BCUT2D eigenvalue weighted by Gasteiger charge is -2.18. The number of carbonyl (C=O) groups is 1. The van der Waals surface area contributed by atoms with Crippen LogP contribution in [0.5, 0.6) is 5.75 Å². The monoisotopic (exact) mass is 487 g/mol. The van der Waals surface area contributed by atoms with Crippen molar-refractivity contribution in [1.29, 1.82) is 0 Å². The summed E-state index contributed by atoms with van der Waals surface area (Å²) in [5, 5.41) is 12.8. The first-order valence-electron chi connectivity index (χ1n) is 10.5. The van der Waals surface area contributed by atoms with Gasteiger partial charge in [-0.1, -0.05) is 22.9 Å². The summed E-state index contributed by atoms with van der Waals surface area (Å²) in [6.45, 7) is 0.882. The summed E-state index contributed by atoms with van der Waals surface area (Å²) >= 11 is 0. The summed E-state index contributed by atoms with van der Waals surface area (Å²) in [4.78, 5) is 15.8. The van der Waals surface area contributed by atoms with E-state index >= 15 is 0 Å². The molecule has 0 aliphatic rings. The number of rotatable bonds is 12. The summed E-state index contributed by atoms with van der Waals surface area (Å²) in [7, 11) is -2.72. The van der Waals surface area contributed by atoms with Crippen LogP contribution >= 0.6 is 0 Å². The van der Waals surface area contributed by atoms with Crippen LogP contribution in [-0.2, 0) is 19.6 Å². The average Bonchev–Trinajstić information content (AvgIpc) is 2.85. The first-order valence-corrected chi connectivity index (χ1v) is 12.0. The van der Waals surface area contributed by atoms with Crippen molar-refractivity contribution >= 4 is 21.8 Å². The second-order valence-corrected chi connectivity index (χ2v) is 8.99. The minimum Gasteiger partial charge on any atom is -0.493 e. The Labute approximate surface area is 198 Å². The number of methoxy groups -OCH3 is 1. The molecule has 0 spiro atoms. The molecule has 1 aromatic carbocycles. The molecule has 0 saturated carbocycles. The standard InChI is InChI=1S/C23H26N4O6S/c1-32-23(28)16-21(18-7-5-11-24-17-18)26-34(30,31)20-9-4-8-19(15-20)33-14-6-12-25-22-10-2-3-13-27(22)29/h2-5,7-11,13,15,17,21,26,29H,6,12,14,16H2,1H3/p+1. The van der Waals surface area contributed by atoms with E-state index in [2.05, 4.69) is 15.0 Å². The van der Waals surface area contributed by atoms with Gasteiger partial charge in [-0.25, -0.2) is 13.1 Å². The van der Waals surface area contributed by atoms with E-state index in [-0.39, 0.29) is 11.3 Å². The topological polar surface area (TPSA) is 131 Å². The van der Waals surface area contributed by atoms with Gasteiger partial charge in [0.1, 0.15) is 11.9 Å². The number of carbonyl (C=O) groups excluding carboxylic acids is 1. The van der Waals surface area contributed by atoms with Crippen molar-refractivity contribution in [3.05, 3.63) is 78.8 Å². The highest BCUT2D eigenvalue weighted by molar-refractivity contribution is 7.89. The molecule has 11 heteroatoms. The number of sulfonamides is 1. The minimum absolute atomic E-state index is 0.00693. The molecule has 2 heterocycles. The zero-order chi connectivity index (χ0) is 24.4. The molecule has 3 N–H and O–H groups in total. The minimum atomic E-state index is -3.97. The number of esters is 1. The van der Waals surface area contributed by atoms with Crippen LogP contribution in [0.2, 0.25) is 0 Å². The fraction of sp³-hybridized carbons (Fsp3) is 0.261. The molecule has 1 unspecified atom stereocenters. The van der Waals surface area contributed by atoms with Gasteiger partial charge in [0.05, 0.1) is 37.6 Å². The Morgan fingerprint density at radius 2 is 2.03 bits per heavy atom. The van der Waals surface area contributed by atoms with Crippen LogP contribution in [0.4, 0.5) is 5.82 Å². The van der Waals surface area contributed by atoms with Crippen LogP contribution < -0.4 is 19.5 Å². The van der Waals surface area contributed by atoms with Crippen LogP contribution in [0.15, 0.2) is 78.1 Å². The Morgan fingerprint density at radius 1 is 1.18 bits per heavy atom. The lowest BCUT2D eigenvalue weighted by Crippen LogP contribution is -2.33. The normalized spacial score (nSPS) is 12.0. The Balaban J connectivity index is 1.61. The van der Waals surface area contributed by atoms with Crippen molar-refractivity contribution in [2.45, 2.75) is 23.8 Å². The van der Waals surface area contributed by atoms with Crippen molar-refractivity contribution in [3.8, 4) is 5.75 Å². The molecule has 2 aromatic heterocycles. The molecule has 3 aromatic rings. The number of nitrogens with one attached hydrogen (secondary N) is 2. The number of hydrogen-bond donors (Lipinski definition) is 3. The Hall–Kier alpha value is -3.70. The molecule has 180 valence electrons.